The second-order valence-corrected chi connectivity index (χ2v) is 7.12. The second-order valence-electron chi connectivity index (χ2n) is 5.08. The van der Waals surface area contributed by atoms with Gasteiger partial charge in [-0.25, -0.2) is 13.4 Å². The van der Waals surface area contributed by atoms with Crippen molar-refractivity contribution in [2.24, 2.45) is 0 Å². The number of aromatic nitrogens is 2. The van der Waals surface area contributed by atoms with Crippen LogP contribution in [-0.4, -0.2) is 48.3 Å². The summed E-state index contributed by atoms with van der Waals surface area (Å²) < 4.78 is 27.5. The van der Waals surface area contributed by atoms with E-state index in [-0.39, 0.29) is 17.3 Å². The van der Waals surface area contributed by atoms with Gasteiger partial charge in [-0.1, -0.05) is 18.2 Å². The average molecular weight is 336 g/mol. The van der Waals surface area contributed by atoms with Gasteiger partial charge in [0.2, 0.25) is 15.9 Å². The average Bonchev–Trinajstić information content (AvgIpc) is 3.05. The summed E-state index contributed by atoms with van der Waals surface area (Å²) in [5, 5.41) is 2.72. The molecule has 2 rings (SSSR count). The minimum atomic E-state index is -3.64. The van der Waals surface area contributed by atoms with E-state index in [1.54, 1.807) is 30.7 Å². The molecule has 1 amide bonds. The molecule has 23 heavy (non-hydrogen) atoms. The zero-order valence-electron chi connectivity index (χ0n) is 12.9. The van der Waals surface area contributed by atoms with E-state index < -0.39 is 10.0 Å². The molecular weight excluding hydrogens is 316 g/mol. The maximum absolute atomic E-state index is 12.3. The second kappa shape index (κ2) is 7.89. The highest BCUT2D eigenvalue weighted by Crippen LogP contribution is 2.12. The molecule has 124 valence electrons. The molecule has 2 aromatic rings. The Bertz CT molecular complexity index is 714. The smallest absolute Gasteiger partial charge is 0.243 e. The van der Waals surface area contributed by atoms with Crippen LogP contribution in [0.15, 0.2) is 53.9 Å². The normalized spacial score (nSPS) is 11.6. The van der Waals surface area contributed by atoms with Crippen molar-refractivity contribution in [3.05, 3.63) is 49.1 Å². The van der Waals surface area contributed by atoms with Gasteiger partial charge in [-0.05, 0) is 18.6 Å². The number of nitrogens with zero attached hydrogens (tertiary/aromatic N) is 3. The Hall–Kier alpha value is -2.19. The fraction of sp³-hybridized carbons (Fsp3) is 0.333. The lowest BCUT2D eigenvalue weighted by atomic mass is 10.4. The van der Waals surface area contributed by atoms with Crippen LogP contribution in [0.2, 0.25) is 0 Å². The van der Waals surface area contributed by atoms with Gasteiger partial charge >= 0.3 is 0 Å². The van der Waals surface area contributed by atoms with Crippen molar-refractivity contribution in [3.8, 4) is 0 Å². The molecule has 0 radical (unpaired) electrons. The first-order chi connectivity index (χ1) is 11.0. The van der Waals surface area contributed by atoms with Crippen molar-refractivity contribution >= 4 is 15.9 Å². The summed E-state index contributed by atoms with van der Waals surface area (Å²) in [6.45, 7) is 1.02. The summed E-state index contributed by atoms with van der Waals surface area (Å²) in [6.07, 6.45) is 6.00. The van der Waals surface area contributed by atoms with Crippen LogP contribution in [0.5, 0.6) is 0 Å². The maximum atomic E-state index is 12.3. The van der Waals surface area contributed by atoms with Gasteiger partial charge in [0, 0.05) is 32.5 Å². The molecule has 0 spiro atoms. The van der Waals surface area contributed by atoms with Gasteiger partial charge in [-0.2, -0.15) is 4.31 Å². The molecule has 0 atom stereocenters. The minimum Gasteiger partial charge on any atom is -0.355 e. The predicted molar refractivity (Wildman–Crippen MR) is 86.1 cm³/mol. The van der Waals surface area contributed by atoms with E-state index in [1.807, 2.05) is 10.8 Å². The SMILES string of the molecule is CN(CC(=O)NCCCn1ccnc1)S(=O)(=O)c1ccccc1. The molecule has 0 unspecified atom stereocenters. The number of hydrogen-bond donors (Lipinski definition) is 1. The summed E-state index contributed by atoms with van der Waals surface area (Å²) in [5.74, 6) is -0.322. The Morgan fingerprint density at radius 3 is 2.70 bits per heavy atom. The molecule has 0 saturated carbocycles. The number of carbonyl (C=O) groups is 1. The zero-order chi connectivity index (χ0) is 16.7. The highest BCUT2D eigenvalue weighted by atomic mass is 32.2. The van der Waals surface area contributed by atoms with E-state index in [2.05, 4.69) is 10.3 Å². The Balaban J connectivity index is 1.78. The zero-order valence-corrected chi connectivity index (χ0v) is 13.7. The minimum absolute atomic E-state index is 0.176. The van der Waals surface area contributed by atoms with Crippen molar-refractivity contribution in [1.29, 1.82) is 0 Å². The molecule has 0 bridgehead atoms. The van der Waals surface area contributed by atoms with E-state index in [0.717, 1.165) is 17.3 Å². The molecule has 1 aromatic carbocycles. The molecule has 0 aliphatic heterocycles. The van der Waals surface area contributed by atoms with Gasteiger partial charge < -0.3 is 9.88 Å². The summed E-state index contributed by atoms with van der Waals surface area (Å²) in [5.41, 5.74) is 0. The van der Waals surface area contributed by atoms with E-state index in [4.69, 9.17) is 0 Å². The van der Waals surface area contributed by atoms with Gasteiger partial charge in [-0.3, -0.25) is 4.79 Å². The van der Waals surface area contributed by atoms with Crippen LogP contribution in [0, 0.1) is 0 Å². The molecule has 1 aromatic heterocycles. The van der Waals surface area contributed by atoms with Gasteiger partial charge in [-0.15, -0.1) is 0 Å². The maximum Gasteiger partial charge on any atom is 0.243 e. The number of rotatable bonds is 8. The topological polar surface area (TPSA) is 84.3 Å². The van der Waals surface area contributed by atoms with Crippen LogP contribution in [0.3, 0.4) is 0 Å². The molecule has 7 nitrogen and oxygen atoms in total. The van der Waals surface area contributed by atoms with Crippen molar-refractivity contribution in [2.45, 2.75) is 17.9 Å². The number of likely N-dealkylation sites (N-methyl/N-ethyl adjacent to an activating group) is 1. The highest BCUT2D eigenvalue weighted by Gasteiger charge is 2.22. The fourth-order valence-corrected chi connectivity index (χ4v) is 3.17. The third kappa shape index (κ3) is 4.90. The molecule has 0 aliphatic carbocycles. The number of aryl methyl sites for hydroxylation is 1. The van der Waals surface area contributed by atoms with Gasteiger partial charge in [0.1, 0.15) is 0 Å². The van der Waals surface area contributed by atoms with Crippen LogP contribution < -0.4 is 5.32 Å². The van der Waals surface area contributed by atoms with Gasteiger partial charge in [0.25, 0.3) is 0 Å². The molecule has 8 heteroatoms. The largest absolute Gasteiger partial charge is 0.355 e. The van der Waals surface area contributed by atoms with E-state index in [0.29, 0.717) is 6.54 Å². The fourth-order valence-electron chi connectivity index (χ4n) is 2.02. The Labute approximate surface area is 136 Å². The number of hydrogen-bond acceptors (Lipinski definition) is 4. The van der Waals surface area contributed by atoms with Crippen molar-refractivity contribution in [2.75, 3.05) is 20.1 Å². The Morgan fingerprint density at radius 2 is 2.04 bits per heavy atom. The van der Waals surface area contributed by atoms with E-state index in [1.165, 1.54) is 19.2 Å². The van der Waals surface area contributed by atoms with Gasteiger partial charge in [0.15, 0.2) is 0 Å². The molecule has 0 saturated heterocycles. The number of nitrogens with one attached hydrogen (secondary N) is 1. The van der Waals surface area contributed by atoms with Crippen molar-refractivity contribution in [1.82, 2.24) is 19.2 Å². The number of carbonyl (C=O) groups excluding carboxylic acids is 1. The first kappa shape index (κ1) is 17.2. The summed E-state index contributed by atoms with van der Waals surface area (Å²) >= 11 is 0. The van der Waals surface area contributed by atoms with E-state index in [9.17, 15) is 13.2 Å². The number of amides is 1. The highest BCUT2D eigenvalue weighted by molar-refractivity contribution is 7.89. The van der Waals surface area contributed by atoms with Crippen molar-refractivity contribution < 1.29 is 13.2 Å². The van der Waals surface area contributed by atoms with Crippen LogP contribution in [0.4, 0.5) is 0 Å². The number of benzene rings is 1. The molecular formula is C15H20N4O3S. The lowest BCUT2D eigenvalue weighted by Gasteiger charge is -2.16. The first-order valence-electron chi connectivity index (χ1n) is 7.24. The third-order valence-corrected chi connectivity index (χ3v) is 5.11. The van der Waals surface area contributed by atoms with Crippen molar-refractivity contribution in [3.63, 3.8) is 0 Å². The van der Waals surface area contributed by atoms with Crippen LogP contribution >= 0.6 is 0 Å². The predicted octanol–water partition coefficient (Wildman–Crippen LogP) is 0.710. The van der Waals surface area contributed by atoms with Gasteiger partial charge in [0.05, 0.1) is 17.8 Å². The standard InChI is InChI=1S/C15H20N4O3S/c1-18(23(21,22)14-6-3-2-4-7-14)12-15(20)17-8-5-10-19-11-9-16-13-19/h2-4,6-7,9,11,13H,5,8,10,12H2,1H3,(H,17,20). The lowest BCUT2D eigenvalue weighted by Crippen LogP contribution is -2.38. The molecule has 0 aliphatic rings. The summed E-state index contributed by atoms with van der Waals surface area (Å²) in [4.78, 5) is 16.0. The Kier molecular flexibility index (Phi) is 5.89. The summed E-state index contributed by atoms with van der Waals surface area (Å²) in [6, 6.07) is 8.06. The first-order valence-corrected chi connectivity index (χ1v) is 8.68. The van der Waals surface area contributed by atoms with Crippen LogP contribution in [-0.2, 0) is 21.4 Å². The number of sulfonamides is 1. The van der Waals surface area contributed by atoms with Crippen LogP contribution in [0.1, 0.15) is 6.42 Å². The lowest BCUT2D eigenvalue weighted by molar-refractivity contribution is -0.121. The van der Waals surface area contributed by atoms with E-state index >= 15 is 0 Å². The monoisotopic (exact) mass is 336 g/mol. The molecule has 1 N–H and O–H groups in total. The molecule has 1 heterocycles. The molecule has 0 fully saturated rings. The quantitative estimate of drug-likeness (QED) is 0.720. The third-order valence-electron chi connectivity index (χ3n) is 3.29. The van der Waals surface area contributed by atoms with Crippen LogP contribution in [0.25, 0.3) is 0 Å². The summed E-state index contributed by atoms with van der Waals surface area (Å²) in [7, 11) is -2.24. The Morgan fingerprint density at radius 1 is 1.30 bits per heavy atom. The number of imidazole rings is 1.